The minimum absolute atomic E-state index is 0.916. The van der Waals surface area contributed by atoms with Crippen LogP contribution in [0.5, 0.6) is 0 Å². The summed E-state index contributed by atoms with van der Waals surface area (Å²) in [5, 5.41) is 0. The highest BCUT2D eigenvalue weighted by Gasteiger charge is 1.86. The topological polar surface area (TPSA) is 0 Å². The van der Waals surface area contributed by atoms with Gasteiger partial charge >= 0.3 is 0 Å². The number of hydrogen-bond donors (Lipinski definition) is 0. The van der Waals surface area contributed by atoms with Crippen LogP contribution in [0, 0.1) is 11.8 Å². The normalized spacial score (nSPS) is 9.88. The van der Waals surface area contributed by atoms with Crippen molar-refractivity contribution in [1.82, 2.24) is 0 Å². The molecule has 0 radical (unpaired) electrons. The van der Waals surface area contributed by atoms with E-state index in [2.05, 4.69) is 51.0 Å². The molecule has 0 heteroatoms. The van der Waals surface area contributed by atoms with Gasteiger partial charge in [-0.3, -0.25) is 0 Å². The van der Waals surface area contributed by atoms with Gasteiger partial charge in [0.15, 0.2) is 0 Å². The van der Waals surface area contributed by atoms with Gasteiger partial charge in [0.2, 0.25) is 0 Å². The molecule has 0 aromatic carbocycles. The molecule has 0 unspecified atom stereocenters. The van der Waals surface area contributed by atoms with Crippen molar-refractivity contribution in [2.24, 2.45) is 0 Å². The fourth-order valence-electron chi connectivity index (χ4n) is 1.08. The molecule has 0 N–H and O–H groups in total. The van der Waals surface area contributed by atoms with E-state index in [-0.39, 0.29) is 0 Å². The Kier molecular flexibility index (Phi) is 8.04. The Morgan fingerprint density at radius 2 is 1.88 bits per heavy atom. The van der Waals surface area contributed by atoms with Crippen molar-refractivity contribution < 1.29 is 0 Å². The molecular formula is C16H22. The molecule has 0 aliphatic carbocycles. The van der Waals surface area contributed by atoms with Crippen LogP contribution in [0.25, 0.3) is 0 Å². The van der Waals surface area contributed by atoms with Gasteiger partial charge < -0.3 is 0 Å². The Morgan fingerprint density at radius 1 is 1.19 bits per heavy atom. The smallest absolute Gasteiger partial charge is 0.0441 e. The minimum Gasteiger partial charge on any atom is -0.105 e. The number of rotatable bonds is 4. The van der Waals surface area contributed by atoms with Crippen LogP contribution < -0.4 is 0 Å². The Labute approximate surface area is 100 Å². The molecular weight excluding hydrogens is 192 g/mol. The van der Waals surface area contributed by atoms with E-state index in [0.29, 0.717) is 0 Å². The quantitative estimate of drug-likeness (QED) is 0.358. The standard InChI is InChI=1S/C16H22/c1-6-9-10-15(5)11-12-16(8-3)13-14(4)7-2/h7,10H,2,6,8-9H2,1,3-5H3. The second kappa shape index (κ2) is 8.84. The fraction of sp³-hybridized carbons (Fsp3) is 0.438. The van der Waals surface area contributed by atoms with Crippen LogP contribution in [0.1, 0.15) is 47.0 Å². The van der Waals surface area contributed by atoms with E-state index in [4.69, 9.17) is 0 Å². The Bertz CT molecular complexity index is 374. The molecule has 0 fully saturated rings. The van der Waals surface area contributed by atoms with Gasteiger partial charge in [0.05, 0.1) is 0 Å². The third kappa shape index (κ3) is 6.93. The molecule has 0 aromatic rings. The highest BCUT2D eigenvalue weighted by molar-refractivity contribution is 5.37. The van der Waals surface area contributed by atoms with Crippen molar-refractivity contribution in [2.75, 3.05) is 0 Å². The van der Waals surface area contributed by atoms with Crippen molar-refractivity contribution in [1.29, 1.82) is 0 Å². The van der Waals surface area contributed by atoms with E-state index < -0.39 is 0 Å². The van der Waals surface area contributed by atoms with Crippen molar-refractivity contribution >= 4 is 0 Å². The van der Waals surface area contributed by atoms with Gasteiger partial charge in [-0.1, -0.05) is 50.8 Å². The van der Waals surface area contributed by atoms with Gasteiger partial charge in [0, 0.05) is 5.57 Å². The van der Waals surface area contributed by atoms with E-state index >= 15 is 0 Å². The maximum absolute atomic E-state index is 3.71. The van der Waals surface area contributed by atoms with Crippen molar-refractivity contribution in [3.8, 4) is 11.8 Å². The van der Waals surface area contributed by atoms with Gasteiger partial charge in [-0.2, -0.15) is 0 Å². The molecule has 0 bridgehead atoms. The predicted octanol–water partition coefficient (Wildman–Crippen LogP) is 4.80. The number of allylic oxidation sites excluding steroid dienone is 4. The zero-order valence-corrected chi connectivity index (χ0v) is 11.0. The molecule has 0 nitrogen and oxygen atoms in total. The first-order valence-corrected chi connectivity index (χ1v) is 5.91. The second-order valence-corrected chi connectivity index (χ2v) is 3.77. The summed E-state index contributed by atoms with van der Waals surface area (Å²) >= 11 is 0. The van der Waals surface area contributed by atoms with Crippen LogP contribution in [-0.2, 0) is 0 Å². The largest absolute Gasteiger partial charge is 0.105 e. The Balaban J connectivity index is 4.88. The van der Waals surface area contributed by atoms with Crippen molar-refractivity contribution in [2.45, 2.75) is 47.0 Å². The molecule has 0 rings (SSSR count). The first-order valence-electron chi connectivity index (χ1n) is 5.91. The highest BCUT2D eigenvalue weighted by atomic mass is 13.9. The zero-order chi connectivity index (χ0) is 12.4. The fourth-order valence-corrected chi connectivity index (χ4v) is 1.08. The highest BCUT2D eigenvalue weighted by Crippen LogP contribution is 2.02. The lowest BCUT2D eigenvalue weighted by molar-refractivity contribution is 0.953. The summed E-state index contributed by atoms with van der Waals surface area (Å²) in [6.45, 7) is 12.0. The average molecular weight is 214 g/mol. The van der Waals surface area contributed by atoms with E-state index in [9.17, 15) is 0 Å². The number of hydrogen-bond acceptors (Lipinski definition) is 0. The molecule has 0 atom stereocenters. The molecule has 0 saturated carbocycles. The first-order chi connectivity index (χ1) is 7.63. The monoisotopic (exact) mass is 214 g/mol. The van der Waals surface area contributed by atoms with Gasteiger partial charge in [-0.25, -0.2) is 0 Å². The predicted molar refractivity (Wildman–Crippen MR) is 73.1 cm³/mol. The summed E-state index contributed by atoms with van der Waals surface area (Å²) in [5.74, 6) is 6.32. The molecule has 0 aliphatic rings. The lowest BCUT2D eigenvalue weighted by atomic mass is 10.1. The third-order valence-electron chi connectivity index (χ3n) is 2.16. The van der Waals surface area contributed by atoms with E-state index in [1.165, 1.54) is 6.42 Å². The SMILES string of the molecule is C=CC(C)=C=C(C#CC(C)=CCCC)CC. The van der Waals surface area contributed by atoms with Crippen LogP contribution in [-0.4, -0.2) is 0 Å². The zero-order valence-electron chi connectivity index (χ0n) is 11.0. The molecule has 16 heavy (non-hydrogen) atoms. The van der Waals surface area contributed by atoms with Gasteiger partial charge in [-0.15, -0.1) is 5.73 Å². The summed E-state index contributed by atoms with van der Waals surface area (Å²) in [7, 11) is 0. The molecule has 0 aliphatic heterocycles. The molecule has 0 heterocycles. The maximum Gasteiger partial charge on any atom is 0.0441 e. The Hall–Kier alpha value is -1.44. The van der Waals surface area contributed by atoms with Crippen molar-refractivity contribution in [3.05, 3.63) is 41.2 Å². The summed E-state index contributed by atoms with van der Waals surface area (Å²) in [6.07, 6.45) is 7.18. The third-order valence-corrected chi connectivity index (χ3v) is 2.16. The summed E-state index contributed by atoms with van der Waals surface area (Å²) in [6, 6.07) is 0. The lowest BCUT2D eigenvalue weighted by Gasteiger charge is -1.90. The van der Waals surface area contributed by atoms with Crippen LogP contribution in [0.15, 0.2) is 41.2 Å². The molecule has 0 saturated heterocycles. The summed E-state index contributed by atoms with van der Waals surface area (Å²) < 4.78 is 0. The summed E-state index contributed by atoms with van der Waals surface area (Å²) in [5.41, 5.74) is 6.47. The number of unbranched alkanes of at least 4 members (excludes halogenated alkanes) is 1. The van der Waals surface area contributed by atoms with E-state index in [1.54, 1.807) is 6.08 Å². The maximum atomic E-state index is 3.71. The molecule has 86 valence electrons. The van der Waals surface area contributed by atoms with E-state index in [0.717, 1.165) is 29.6 Å². The van der Waals surface area contributed by atoms with Gasteiger partial charge in [0.1, 0.15) is 0 Å². The van der Waals surface area contributed by atoms with Crippen LogP contribution in [0.2, 0.25) is 0 Å². The van der Waals surface area contributed by atoms with Crippen LogP contribution in [0.4, 0.5) is 0 Å². The average Bonchev–Trinajstić information content (AvgIpc) is 2.31. The molecule has 0 aromatic heterocycles. The van der Waals surface area contributed by atoms with Crippen molar-refractivity contribution in [3.63, 3.8) is 0 Å². The van der Waals surface area contributed by atoms with Crippen LogP contribution >= 0.6 is 0 Å². The second-order valence-electron chi connectivity index (χ2n) is 3.77. The van der Waals surface area contributed by atoms with Gasteiger partial charge in [0.25, 0.3) is 0 Å². The van der Waals surface area contributed by atoms with Crippen LogP contribution in [0.3, 0.4) is 0 Å². The summed E-state index contributed by atoms with van der Waals surface area (Å²) in [4.78, 5) is 0. The van der Waals surface area contributed by atoms with Gasteiger partial charge in [-0.05, 0) is 37.8 Å². The first kappa shape index (κ1) is 14.6. The molecule has 0 spiro atoms. The molecule has 0 amide bonds. The Morgan fingerprint density at radius 3 is 2.38 bits per heavy atom. The lowest BCUT2D eigenvalue weighted by Crippen LogP contribution is -1.76. The van der Waals surface area contributed by atoms with E-state index in [1.807, 2.05) is 6.92 Å². The minimum atomic E-state index is 0.916.